The SMILES string of the molecule is Cc1ccc(C)c(C(=O)CCC(=O)Nc2ccccc2CN2CCSCC2)c1. The fraction of sp³-hybridized carbons (Fsp3) is 0.391. The van der Waals surface area contributed by atoms with Crippen LogP contribution in [-0.4, -0.2) is 41.2 Å². The number of hydrogen-bond acceptors (Lipinski definition) is 4. The van der Waals surface area contributed by atoms with E-state index in [4.69, 9.17) is 0 Å². The number of carbonyl (C=O) groups excluding carboxylic acids is 2. The number of para-hydroxylation sites is 1. The number of rotatable bonds is 7. The van der Waals surface area contributed by atoms with Crippen molar-refractivity contribution in [3.05, 3.63) is 64.7 Å². The lowest BCUT2D eigenvalue weighted by molar-refractivity contribution is -0.116. The molecule has 3 rings (SSSR count). The molecule has 0 atom stereocenters. The lowest BCUT2D eigenvalue weighted by atomic mass is 9.99. The van der Waals surface area contributed by atoms with Crippen LogP contribution in [0, 0.1) is 13.8 Å². The second-order valence-electron chi connectivity index (χ2n) is 7.34. The molecule has 0 aromatic heterocycles. The van der Waals surface area contributed by atoms with Gasteiger partial charge in [-0.2, -0.15) is 11.8 Å². The van der Waals surface area contributed by atoms with Gasteiger partial charge in [-0.3, -0.25) is 14.5 Å². The Bertz CT molecular complexity index is 844. The number of thioether (sulfide) groups is 1. The van der Waals surface area contributed by atoms with Crippen molar-refractivity contribution in [2.75, 3.05) is 29.9 Å². The van der Waals surface area contributed by atoms with Crippen molar-refractivity contribution < 1.29 is 9.59 Å². The van der Waals surface area contributed by atoms with Crippen molar-refractivity contribution in [2.45, 2.75) is 33.2 Å². The summed E-state index contributed by atoms with van der Waals surface area (Å²) in [7, 11) is 0. The third-order valence-electron chi connectivity index (χ3n) is 5.06. The van der Waals surface area contributed by atoms with Crippen molar-refractivity contribution in [1.29, 1.82) is 0 Å². The van der Waals surface area contributed by atoms with Gasteiger partial charge in [-0.25, -0.2) is 0 Å². The largest absolute Gasteiger partial charge is 0.326 e. The smallest absolute Gasteiger partial charge is 0.224 e. The molecule has 0 spiro atoms. The van der Waals surface area contributed by atoms with E-state index < -0.39 is 0 Å². The van der Waals surface area contributed by atoms with Crippen LogP contribution in [0.25, 0.3) is 0 Å². The second-order valence-corrected chi connectivity index (χ2v) is 8.56. The maximum atomic E-state index is 12.5. The summed E-state index contributed by atoms with van der Waals surface area (Å²) >= 11 is 1.99. The summed E-state index contributed by atoms with van der Waals surface area (Å²) in [5.41, 5.74) is 4.72. The molecule has 0 aliphatic carbocycles. The van der Waals surface area contributed by atoms with Crippen LogP contribution in [-0.2, 0) is 11.3 Å². The van der Waals surface area contributed by atoms with Gasteiger partial charge in [-0.15, -0.1) is 0 Å². The molecule has 0 unspecified atom stereocenters. The molecule has 28 heavy (non-hydrogen) atoms. The lowest BCUT2D eigenvalue weighted by Gasteiger charge is -2.27. The summed E-state index contributed by atoms with van der Waals surface area (Å²) in [5.74, 6) is 2.24. The van der Waals surface area contributed by atoms with Crippen LogP contribution in [0.1, 0.15) is 39.9 Å². The van der Waals surface area contributed by atoms with Gasteiger partial charge < -0.3 is 5.32 Å². The summed E-state index contributed by atoms with van der Waals surface area (Å²) in [5, 5.41) is 3.01. The monoisotopic (exact) mass is 396 g/mol. The van der Waals surface area contributed by atoms with E-state index in [-0.39, 0.29) is 24.5 Å². The van der Waals surface area contributed by atoms with Gasteiger partial charge in [0.25, 0.3) is 0 Å². The maximum Gasteiger partial charge on any atom is 0.224 e. The number of nitrogens with zero attached hydrogens (tertiary/aromatic N) is 1. The highest BCUT2D eigenvalue weighted by Crippen LogP contribution is 2.20. The Balaban J connectivity index is 1.57. The fourth-order valence-corrected chi connectivity index (χ4v) is 4.37. The molecule has 2 aromatic carbocycles. The summed E-state index contributed by atoms with van der Waals surface area (Å²) in [6.45, 7) is 6.91. The van der Waals surface area contributed by atoms with E-state index in [1.54, 1.807) is 0 Å². The molecule has 1 saturated heterocycles. The molecule has 1 N–H and O–H groups in total. The van der Waals surface area contributed by atoms with Gasteiger partial charge >= 0.3 is 0 Å². The van der Waals surface area contributed by atoms with E-state index in [2.05, 4.69) is 16.3 Å². The average molecular weight is 397 g/mol. The van der Waals surface area contributed by atoms with Crippen LogP contribution in [0.2, 0.25) is 0 Å². The number of benzene rings is 2. The van der Waals surface area contributed by atoms with E-state index >= 15 is 0 Å². The Morgan fingerprint density at radius 1 is 1.04 bits per heavy atom. The summed E-state index contributed by atoms with van der Waals surface area (Å²) in [6.07, 6.45) is 0.419. The highest BCUT2D eigenvalue weighted by atomic mass is 32.2. The van der Waals surface area contributed by atoms with Crippen molar-refractivity contribution in [3.8, 4) is 0 Å². The van der Waals surface area contributed by atoms with Gasteiger partial charge in [0.2, 0.25) is 5.91 Å². The van der Waals surface area contributed by atoms with Gasteiger partial charge in [-0.1, -0.05) is 35.9 Å². The first-order valence-electron chi connectivity index (χ1n) is 9.81. The van der Waals surface area contributed by atoms with Gasteiger partial charge in [0.15, 0.2) is 5.78 Å². The first-order valence-corrected chi connectivity index (χ1v) is 11.0. The molecule has 0 radical (unpaired) electrons. The van der Waals surface area contributed by atoms with Crippen molar-refractivity contribution in [3.63, 3.8) is 0 Å². The molecule has 0 bridgehead atoms. The predicted molar refractivity (Wildman–Crippen MR) is 117 cm³/mol. The number of aryl methyl sites for hydroxylation is 2. The van der Waals surface area contributed by atoms with Crippen LogP contribution in [0.5, 0.6) is 0 Å². The third-order valence-corrected chi connectivity index (χ3v) is 6.00. The van der Waals surface area contributed by atoms with Gasteiger partial charge in [0, 0.05) is 55.2 Å². The number of nitrogens with one attached hydrogen (secondary N) is 1. The molecular weight excluding hydrogens is 368 g/mol. The van der Waals surface area contributed by atoms with E-state index in [1.165, 1.54) is 0 Å². The maximum absolute atomic E-state index is 12.5. The Morgan fingerprint density at radius 2 is 1.79 bits per heavy atom. The predicted octanol–water partition coefficient (Wildman–Crippen LogP) is 4.45. The third kappa shape index (κ3) is 5.69. The zero-order valence-electron chi connectivity index (χ0n) is 16.7. The van der Waals surface area contributed by atoms with Crippen molar-refractivity contribution in [2.24, 2.45) is 0 Å². The zero-order valence-corrected chi connectivity index (χ0v) is 17.5. The van der Waals surface area contributed by atoms with Gasteiger partial charge in [0.1, 0.15) is 0 Å². The van der Waals surface area contributed by atoms with Crippen LogP contribution in [0.4, 0.5) is 5.69 Å². The zero-order chi connectivity index (χ0) is 19.9. The number of ketones is 1. The molecule has 1 fully saturated rings. The number of amides is 1. The standard InChI is InChI=1S/C23H28N2O2S/c1-17-7-8-18(2)20(15-17)22(26)9-10-23(27)24-21-6-4-3-5-19(21)16-25-11-13-28-14-12-25/h3-8,15H,9-14,16H2,1-2H3,(H,24,27). The second kappa shape index (κ2) is 9.89. The number of anilines is 1. The molecule has 148 valence electrons. The van der Waals surface area contributed by atoms with Crippen molar-refractivity contribution >= 4 is 29.1 Å². The molecule has 0 saturated carbocycles. The van der Waals surface area contributed by atoms with Crippen molar-refractivity contribution in [1.82, 2.24) is 4.90 Å². The normalized spacial score (nSPS) is 14.6. The van der Waals surface area contributed by atoms with Gasteiger partial charge in [-0.05, 0) is 37.1 Å². The lowest BCUT2D eigenvalue weighted by Crippen LogP contribution is -2.32. The summed E-state index contributed by atoms with van der Waals surface area (Å²) in [4.78, 5) is 27.4. The number of hydrogen-bond donors (Lipinski definition) is 1. The Morgan fingerprint density at radius 3 is 2.57 bits per heavy atom. The minimum Gasteiger partial charge on any atom is -0.326 e. The molecule has 1 aliphatic rings. The Kier molecular flexibility index (Phi) is 7.29. The van der Waals surface area contributed by atoms with E-state index in [1.807, 2.05) is 62.0 Å². The van der Waals surface area contributed by atoms with Crippen LogP contribution >= 0.6 is 11.8 Å². The summed E-state index contributed by atoms with van der Waals surface area (Å²) < 4.78 is 0. The van der Waals surface area contributed by atoms with E-state index in [0.717, 1.165) is 59.1 Å². The summed E-state index contributed by atoms with van der Waals surface area (Å²) in [6, 6.07) is 13.8. The number of Topliss-reactive ketones (excluding diaryl/α,β-unsaturated/α-hetero) is 1. The minimum atomic E-state index is -0.111. The number of carbonyl (C=O) groups is 2. The van der Waals surface area contributed by atoms with Gasteiger partial charge in [0.05, 0.1) is 0 Å². The van der Waals surface area contributed by atoms with Crippen LogP contribution in [0.15, 0.2) is 42.5 Å². The van der Waals surface area contributed by atoms with E-state index in [0.29, 0.717) is 0 Å². The highest BCUT2D eigenvalue weighted by Gasteiger charge is 2.15. The van der Waals surface area contributed by atoms with E-state index in [9.17, 15) is 9.59 Å². The average Bonchev–Trinajstić information content (AvgIpc) is 2.70. The first kappa shape index (κ1) is 20.6. The minimum absolute atomic E-state index is 0.0236. The quantitative estimate of drug-likeness (QED) is 0.702. The first-order chi connectivity index (χ1) is 13.5. The van der Waals surface area contributed by atoms with Crippen LogP contribution < -0.4 is 5.32 Å². The molecule has 1 heterocycles. The molecule has 5 heteroatoms. The molecule has 2 aromatic rings. The molecule has 4 nitrogen and oxygen atoms in total. The molecule has 1 amide bonds. The van der Waals surface area contributed by atoms with Crippen LogP contribution in [0.3, 0.4) is 0 Å². The Hall–Kier alpha value is -2.11. The topological polar surface area (TPSA) is 49.4 Å². The Labute approximate surface area is 171 Å². The molecule has 1 aliphatic heterocycles. The highest BCUT2D eigenvalue weighted by molar-refractivity contribution is 7.99. The molecular formula is C23H28N2O2S. The fourth-order valence-electron chi connectivity index (χ4n) is 3.39.